The summed E-state index contributed by atoms with van der Waals surface area (Å²) in [6, 6.07) is 9.49. The van der Waals surface area contributed by atoms with Crippen molar-refractivity contribution in [3.63, 3.8) is 0 Å². The zero-order valence-corrected chi connectivity index (χ0v) is 9.68. The molecule has 0 aliphatic rings. The van der Waals surface area contributed by atoms with Gasteiger partial charge in [0.1, 0.15) is 0 Å². The Morgan fingerprint density at radius 2 is 2.06 bits per heavy atom. The summed E-state index contributed by atoms with van der Waals surface area (Å²) in [5, 5.41) is 11.5. The Bertz CT molecular complexity index is 327. The summed E-state index contributed by atoms with van der Waals surface area (Å²) in [6.07, 6.45) is 0. The summed E-state index contributed by atoms with van der Waals surface area (Å²) < 4.78 is 0. The zero-order chi connectivity index (χ0) is 12.0. The van der Waals surface area contributed by atoms with Crippen LogP contribution in [0.4, 0.5) is 5.69 Å². The van der Waals surface area contributed by atoms with Crippen molar-refractivity contribution in [3.05, 3.63) is 30.3 Å². The molecule has 0 saturated heterocycles. The third-order valence-electron chi connectivity index (χ3n) is 2.26. The molecule has 0 aliphatic carbocycles. The van der Waals surface area contributed by atoms with Gasteiger partial charge >= 0.3 is 0 Å². The van der Waals surface area contributed by atoms with E-state index in [0.29, 0.717) is 0 Å². The van der Waals surface area contributed by atoms with Gasteiger partial charge in [0, 0.05) is 18.8 Å². The van der Waals surface area contributed by atoms with Crippen molar-refractivity contribution < 1.29 is 9.90 Å². The molecule has 1 unspecified atom stereocenters. The first-order valence-electron chi connectivity index (χ1n) is 5.30. The highest BCUT2D eigenvalue weighted by Gasteiger charge is 2.09. The maximum Gasteiger partial charge on any atom is 0.239 e. The predicted molar refractivity (Wildman–Crippen MR) is 64.4 cm³/mol. The van der Waals surface area contributed by atoms with E-state index >= 15 is 0 Å². The summed E-state index contributed by atoms with van der Waals surface area (Å²) >= 11 is 0. The second-order valence-electron chi connectivity index (χ2n) is 3.84. The summed E-state index contributed by atoms with van der Waals surface area (Å²) in [5.41, 5.74) is 0.995. The van der Waals surface area contributed by atoms with E-state index in [1.165, 1.54) is 0 Å². The molecule has 0 radical (unpaired) electrons. The number of benzene rings is 1. The van der Waals surface area contributed by atoms with Gasteiger partial charge in [0.05, 0.1) is 13.2 Å². The van der Waals surface area contributed by atoms with E-state index in [1.54, 1.807) is 6.92 Å². The van der Waals surface area contributed by atoms with Crippen molar-refractivity contribution in [1.82, 2.24) is 5.32 Å². The van der Waals surface area contributed by atoms with E-state index in [4.69, 9.17) is 5.11 Å². The number of hydrogen-bond donors (Lipinski definition) is 2. The van der Waals surface area contributed by atoms with Crippen LogP contribution < -0.4 is 10.2 Å². The average molecular weight is 222 g/mol. The van der Waals surface area contributed by atoms with Gasteiger partial charge in [-0.15, -0.1) is 0 Å². The van der Waals surface area contributed by atoms with E-state index in [9.17, 15) is 4.79 Å². The van der Waals surface area contributed by atoms with Crippen LogP contribution in [0.2, 0.25) is 0 Å². The highest BCUT2D eigenvalue weighted by Crippen LogP contribution is 2.09. The minimum atomic E-state index is -0.198. The fourth-order valence-electron chi connectivity index (χ4n) is 1.36. The molecule has 1 rings (SSSR count). The third-order valence-corrected chi connectivity index (χ3v) is 2.26. The van der Waals surface area contributed by atoms with Gasteiger partial charge in [-0.1, -0.05) is 18.2 Å². The van der Waals surface area contributed by atoms with Crippen LogP contribution in [-0.2, 0) is 4.79 Å². The summed E-state index contributed by atoms with van der Waals surface area (Å²) in [6.45, 7) is 2.01. The van der Waals surface area contributed by atoms with Crippen LogP contribution in [0.25, 0.3) is 0 Å². The van der Waals surface area contributed by atoms with E-state index in [1.807, 2.05) is 42.3 Å². The first kappa shape index (κ1) is 12.5. The second kappa shape index (κ2) is 6.12. The van der Waals surface area contributed by atoms with Crippen LogP contribution in [0.1, 0.15) is 6.92 Å². The Morgan fingerprint density at radius 3 is 2.62 bits per heavy atom. The molecule has 1 aromatic rings. The molecule has 0 saturated carbocycles. The molecule has 2 N–H and O–H groups in total. The van der Waals surface area contributed by atoms with Crippen LogP contribution in [0.15, 0.2) is 30.3 Å². The molecule has 1 amide bonds. The van der Waals surface area contributed by atoms with Crippen molar-refractivity contribution in [2.24, 2.45) is 0 Å². The molecular weight excluding hydrogens is 204 g/mol. The van der Waals surface area contributed by atoms with E-state index < -0.39 is 0 Å². The fourth-order valence-corrected chi connectivity index (χ4v) is 1.36. The van der Waals surface area contributed by atoms with Crippen LogP contribution in [0, 0.1) is 0 Å². The summed E-state index contributed by atoms with van der Waals surface area (Å²) in [7, 11) is 1.86. The molecule has 1 atom stereocenters. The van der Waals surface area contributed by atoms with Gasteiger partial charge in [0.2, 0.25) is 5.91 Å². The maximum absolute atomic E-state index is 11.5. The minimum Gasteiger partial charge on any atom is -0.394 e. The number of nitrogens with one attached hydrogen (secondary N) is 1. The number of aliphatic hydroxyl groups excluding tert-OH is 1. The Hall–Kier alpha value is -1.55. The van der Waals surface area contributed by atoms with Gasteiger partial charge in [0.15, 0.2) is 0 Å². The lowest BCUT2D eigenvalue weighted by Gasteiger charge is -2.19. The van der Waals surface area contributed by atoms with Crippen molar-refractivity contribution in [2.45, 2.75) is 13.0 Å². The fraction of sp³-hybridized carbons (Fsp3) is 0.417. The van der Waals surface area contributed by atoms with Gasteiger partial charge in [-0.2, -0.15) is 0 Å². The van der Waals surface area contributed by atoms with Gasteiger partial charge in [-0.3, -0.25) is 4.79 Å². The molecule has 0 fully saturated rings. The van der Waals surface area contributed by atoms with E-state index in [-0.39, 0.29) is 25.1 Å². The van der Waals surface area contributed by atoms with Crippen molar-refractivity contribution in [3.8, 4) is 0 Å². The molecule has 88 valence electrons. The molecule has 0 spiro atoms. The number of para-hydroxylation sites is 1. The number of rotatable bonds is 5. The molecule has 16 heavy (non-hydrogen) atoms. The first-order valence-corrected chi connectivity index (χ1v) is 5.30. The lowest BCUT2D eigenvalue weighted by atomic mass is 10.3. The Morgan fingerprint density at radius 1 is 1.44 bits per heavy atom. The first-order chi connectivity index (χ1) is 7.63. The normalized spacial score (nSPS) is 11.9. The van der Waals surface area contributed by atoms with Gasteiger partial charge in [-0.05, 0) is 19.1 Å². The highest BCUT2D eigenvalue weighted by molar-refractivity contribution is 5.81. The zero-order valence-electron chi connectivity index (χ0n) is 9.68. The Kier molecular flexibility index (Phi) is 4.79. The largest absolute Gasteiger partial charge is 0.394 e. The number of carbonyl (C=O) groups excluding carboxylic acids is 1. The van der Waals surface area contributed by atoms with Crippen LogP contribution in [0.5, 0.6) is 0 Å². The number of hydrogen-bond acceptors (Lipinski definition) is 3. The number of nitrogens with zero attached hydrogens (tertiary/aromatic N) is 1. The smallest absolute Gasteiger partial charge is 0.239 e. The lowest BCUT2D eigenvalue weighted by Crippen LogP contribution is -2.41. The summed E-state index contributed by atoms with van der Waals surface area (Å²) in [5.74, 6) is -0.0899. The van der Waals surface area contributed by atoms with Gasteiger partial charge < -0.3 is 15.3 Å². The number of anilines is 1. The molecule has 0 aliphatic heterocycles. The minimum absolute atomic E-state index is 0.0409. The second-order valence-corrected chi connectivity index (χ2v) is 3.84. The Labute approximate surface area is 95.9 Å². The van der Waals surface area contributed by atoms with Crippen molar-refractivity contribution >= 4 is 11.6 Å². The number of aliphatic hydroxyl groups is 1. The topological polar surface area (TPSA) is 52.6 Å². The summed E-state index contributed by atoms with van der Waals surface area (Å²) in [4.78, 5) is 13.4. The van der Waals surface area contributed by atoms with Crippen LogP contribution in [0.3, 0.4) is 0 Å². The van der Waals surface area contributed by atoms with Crippen molar-refractivity contribution in [1.29, 1.82) is 0 Å². The molecular formula is C12H18N2O2. The molecule has 0 aromatic heterocycles. The number of likely N-dealkylation sites (N-methyl/N-ethyl adjacent to an activating group) is 1. The number of amides is 1. The molecule has 0 bridgehead atoms. The third kappa shape index (κ3) is 3.90. The monoisotopic (exact) mass is 222 g/mol. The van der Waals surface area contributed by atoms with Gasteiger partial charge in [0.25, 0.3) is 0 Å². The Balaban J connectivity index is 2.46. The van der Waals surface area contributed by atoms with E-state index in [0.717, 1.165) is 5.69 Å². The lowest BCUT2D eigenvalue weighted by molar-refractivity contribution is -0.120. The molecule has 1 aromatic carbocycles. The quantitative estimate of drug-likeness (QED) is 0.768. The SMILES string of the molecule is CC(CO)NC(=O)CN(C)c1ccccc1. The molecule has 4 heteroatoms. The van der Waals surface area contributed by atoms with Crippen LogP contribution >= 0.6 is 0 Å². The van der Waals surface area contributed by atoms with E-state index in [2.05, 4.69) is 5.32 Å². The molecule has 0 heterocycles. The average Bonchev–Trinajstić information content (AvgIpc) is 2.29. The maximum atomic E-state index is 11.5. The predicted octanol–water partition coefficient (Wildman–Crippen LogP) is 0.620. The standard InChI is InChI=1S/C12H18N2O2/c1-10(9-15)13-12(16)8-14(2)11-6-4-3-5-7-11/h3-7,10,15H,8-9H2,1-2H3,(H,13,16). The van der Waals surface area contributed by atoms with Crippen LogP contribution in [-0.4, -0.2) is 37.3 Å². The number of carbonyl (C=O) groups is 1. The highest BCUT2D eigenvalue weighted by atomic mass is 16.3. The van der Waals surface area contributed by atoms with Gasteiger partial charge in [-0.25, -0.2) is 0 Å². The van der Waals surface area contributed by atoms with Crippen molar-refractivity contribution in [2.75, 3.05) is 25.1 Å². The molecule has 4 nitrogen and oxygen atoms in total.